The molecule has 7 heteroatoms. The van der Waals surface area contributed by atoms with Crippen molar-refractivity contribution in [1.82, 2.24) is 10.2 Å². The van der Waals surface area contributed by atoms with Crippen molar-refractivity contribution in [2.45, 2.75) is 19.4 Å². The van der Waals surface area contributed by atoms with Crippen LogP contribution < -0.4 is 15.0 Å². The lowest BCUT2D eigenvalue weighted by molar-refractivity contribution is -0.126. The lowest BCUT2D eigenvalue weighted by Gasteiger charge is -2.37. The van der Waals surface area contributed by atoms with Gasteiger partial charge in [-0.15, -0.1) is 0 Å². The van der Waals surface area contributed by atoms with Gasteiger partial charge in [0.15, 0.2) is 0 Å². The second kappa shape index (κ2) is 8.51. The summed E-state index contributed by atoms with van der Waals surface area (Å²) in [6, 6.07) is 13.6. The Hall–Kier alpha value is -3.09. The Morgan fingerprint density at radius 1 is 1.03 bits per heavy atom. The van der Waals surface area contributed by atoms with Crippen molar-refractivity contribution >= 4 is 17.6 Å². The Balaban J connectivity index is 1.29. The molecule has 2 aromatic rings. The maximum atomic E-state index is 13.0. The van der Waals surface area contributed by atoms with Gasteiger partial charge in [0.05, 0.1) is 12.2 Å². The molecule has 0 spiro atoms. The van der Waals surface area contributed by atoms with Crippen LogP contribution in [0.25, 0.3) is 0 Å². The Morgan fingerprint density at radius 3 is 2.52 bits per heavy atom. The second-order valence-electron chi connectivity index (χ2n) is 7.36. The topological polar surface area (TPSA) is 61.9 Å². The summed E-state index contributed by atoms with van der Waals surface area (Å²) in [6.07, 6.45) is 1.26. The van der Waals surface area contributed by atoms with E-state index in [1.807, 2.05) is 29.2 Å². The van der Waals surface area contributed by atoms with Gasteiger partial charge in [0.25, 0.3) is 0 Å². The van der Waals surface area contributed by atoms with Gasteiger partial charge < -0.3 is 15.0 Å². The number of urea groups is 1. The van der Waals surface area contributed by atoms with E-state index in [4.69, 9.17) is 4.74 Å². The fourth-order valence-corrected chi connectivity index (χ4v) is 3.81. The number of fused-ring (bicyclic) bond motifs is 1. The molecule has 1 N–H and O–H groups in total. The smallest absolute Gasteiger partial charge is 0.324 e. The number of nitrogens with zero attached hydrogens (tertiary/aromatic N) is 2. The summed E-state index contributed by atoms with van der Waals surface area (Å²) in [5.41, 5.74) is 1.65. The number of ether oxygens (including phenoxy) is 1. The molecule has 0 bridgehead atoms. The van der Waals surface area contributed by atoms with Gasteiger partial charge in [-0.25, -0.2) is 9.18 Å². The van der Waals surface area contributed by atoms with Crippen LogP contribution in [0.2, 0.25) is 0 Å². The number of piperidine rings is 1. The number of carbonyl (C=O) groups excluding carboxylic acids is 2. The van der Waals surface area contributed by atoms with Gasteiger partial charge >= 0.3 is 6.03 Å². The summed E-state index contributed by atoms with van der Waals surface area (Å²) < 4.78 is 18.6. The lowest BCUT2D eigenvalue weighted by atomic mass is 9.96. The number of halogens is 1. The molecule has 29 heavy (non-hydrogen) atoms. The third kappa shape index (κ3) is 4.34. The van der Waals surface area contributed by atoms with Crippen LogP contribution in [0.15, 0.2) is 48.5 Å². The zero-order valence-corrected chi connectivity index (χ0v) is 16.1. The predicted molar refractivity (Wildman–Crippen MR) is 107 cm³/mol. The molecule has 0 atom stereocenters. The number of hydrogen-bond acceptors (Lipinski definition) is 3. The van der Waals surface area contributed by atoms with E-state index in [1.54, 1.807) is 17.0 Å². The molecule has 4 rings (SSSR count). The van der Waals surface area contributed by atoms with Crippen LogP contribution in [0.4, 0.5) is 14.9 Å². The van der Waals surface area contributed by atoms with Crippen molar-refractivity contribution in [3.05, 3.63) is 59.9 Å². The molecule has 2 aliphatic rings. The van der Waals surface area contributed by atoms with E-state index in [-0.39, 0.29) is 23.7 Å². The number of anilines is 1. The molecule has 1 fully saturated rings. The largest absolute Gasteiger partial charge is 0.490 e. The van der Waals surface area contributed by atoms with E-state index in [0.29, 0.717) is 45.6 Å². The average Bonchev–Trinajstić information content (AvgIpc) is 2.78. The first kappa shape index (κ1) is 19.2. The summed E-state index contributed by atoms with van der Waals surface area (Å²) in [6.45, 7) is 2.47. The number of amides is 3. The fourth-order valence-electron chi connectivity index (χ4n) is 3.81. The second-order valence-corrected chi connectivity index (χ2v) is 7.36. The maximum Gasteiger partial charge on any atom is 0.324 e. The normalized spacial score (nSPS) is 16.7. The van der Waals surface area contributed by atoms with E-state index in [0.717, 1.165) is 17.0 Å². The minimum Gasteiger partial charge on any atom is -0.490 e. The summed E-state index contributed by atoms with van der Waals surface area (Å²) in [5, 5.41) is 2.92. The number of likely N-dealkylation sites (tertiary alicyclic amines) is 1. The van der Waals surface area contributed by atoms with Crippen LogP contribution in [0.1, 0.15) is 18.4 Å². The Labute approximate surface area is 169 Å². The monoisotopic (exact) mass is 397 g/mol. The van der Waals surface area contributed by atoms with Crippen LogP contribution in [-0.4, -0.2) is 43.1 Å². The van der Waals surface area contributed by atoms with Crippen molar-refractivity contribution in [3.8, 4) is 5.75 Å². The Bertz CT molecular complexity index is 879. The SMILES string of the molecule is O=C(NCc1ccc(F)cc1)C1CCN(C(=O)N2CCOc3ccccc32)CC1. The summed E-state index contributed by atoms with van der Waals surface area (Å²) in [4.78, 5) is 29.0. The summed E-state index contributed by atoms with van der Waals surface area (Å²) >= 11 is 0. The van der Waals surface area contributed by atoms with Gasteiger partial charge in [0, 0.05) is 25.6 Å². The quantitative estimate of drug-likeness (QED) is 0.865. The van der Waals surface area contributed by atoms with Gasteiger partial charge in [0.2, 0.25) is 5.91 Å². The van der Waals surface area contributed by atoms with Crippen LogP contribution in [0.3, 0.4) is 0 Å². The van der Waals surface area contributed by atoms with E-state index in [1.165, 1.54) is 12.1 Å². The first-order valence-corrected chi connectivity index (χ1v) is 9.92. The zero-order chi connectivity index (χ0) is 20.2. The van der Waals surface area contributed by atoms with Crippen molar-refractivity contribution in [1.29, 1.82) is 0 Å². The third-order valence-electron chi connectivity index (χ3n) is 5.48. The van der Waals surface area contributed by atoms with Crippen molar-refractivity contribution < 1.29 is 18.7 Å². The minimum absolute atomic E-state index is 0.0156. The van der Waals surface area contributed by atoms with Crippen LogP contribution >= 0.6 is 0 Å². The molecule has 1 saturated heterocycles. The number of benzene rings is 2. The molecule has 0 saturated carbocycles. The molecule has 0 radical (unpaired) electrons. The first-order chi connectivity index (χ1) is 14.1. The lowest BCUT2D eigenvalue weighted by Crippen LogP contribution is -2.50. The molecule has 2 heterocycles. The molecule has 6 nitrogen and oxygen atoms in total. The summed E-state index contributed by atoms with van der Waals surface area (Å²) in [7, 11) is 0. The standard InChI is InChI=1S/C22H24FN3O3/c23-18-7-5-16(6-8-18)15-24-21(27)17-9-11-25(12-10-17)22(28)26-13-14-29-20-4-2-1-3-19(20)26/h1-8,17H,9-15H2,(H,24,27). The van der Waals surface area contributed by atoms with Gasteiger partial charge in [-0.05, 0) is 42.7 Å². The molecule has 2 aliphatic heterocycles. The third-order valence-corrected chi connectivity index (χ3v) is 5.48. The average molecular weight is 397 g/mol. The molecule has 152 valence electrons. The van der Waals surface area contributed by atoms with Gasteiger partial charge in [-0.1, -0.05) is 24.3 Å². The Morgan fingerprint density at radius 2 is 1.76 bits per heavy atom. The molecular weight excluding hydrogens is 373 g/mol. The van der Waals surface area contributed by atoms with Gasteiger partial charge in [0.1, 0.15) is 18.2 Å². The van der Waals surface area contributed by atoms with Crippen molar-refractivity contribution in [3.63, 3.8) is 0 Å². The van der Waals surface area contributed by atoms with Crippen molar-refractivity contribution in [2.24, 2.45) is 5.92 Å². The van der Waals surface area contributed by atoms with Crippen molar-refractivity contribution in [2.75, 3.05) is 31.1 Å². The zero-order valence-electron chi connectivity index (χ0n) is 16.1. The van der Waals surface area contributed by atoms with Gasteiger partial charge in [-0.2, -0.15) is 0 Å². The molecule has 0 unspecified atom stereocenters. The molecular formula is C22H24FN3O3. The maximum absolute atomic E-state index is 13.0. The van der Waals surface area contributed by atoms with E-state index >= 15 is 0 Å². The van der Waals surface area contributed by atoms with Crippen LogP contribution in [-0.2, 0) is 11.3 Å². The molecule has 0 aliphatic carbocycles. The number of hydrogen-bond donors (Lipinski definition) is 1. The van der Waals surface area contributed by atoms with Crippen LogP contribution in [0, 0.1) is 11.7 Å². The predicted octanol–water partition coefficient (Wildman–Crippen LogP) is 3.17. The number of para-hydroxylation sites is 2. The minimum atomic E-state index is -0.292. The molecule has 2 aromatic carbocycles. The molecule has 0 aromatic heterocycles. The van der Waals surface area contributed by atoms with Gasteiger partial charge in [-0.3, -0.25) is 9.69 Å². The summed E-state index contributed by atoms with van der Waals surface area (Å²) in [5.74, 6) is 0.303. The number of nitrogens with one attached hydrogen (secondary N) is 1. The van der Waals surface area contributed by atoms with E-state index in [9.17, 15) is 14.0 Å². The molecule has 3 amide bonds. The highest BCUT2D eigenvalue weighted by molar-refractivity contribution is 5.94. The number of carbonyl (C=O) groups is 2. The highest BCUT2D eigenvalue weighted by Gasteiger charge is 2.32. The first-order valence-electron chi connectivity index (χ1n) is 9.92. The Kier molecular flexibility index (Phi) is 5.64. The van der Waals surface area contributed by atoms with E-state index in [2.05, 4.69) is 5.32 Å². The number of rotatable bonds is 3. The highest BCUT2D eigenvalue weighted by atomic mass is 19.1. The fraction of sp³-hybridized carbons (Fsp3) is 0.364. The highest BCUT2D eigenvalue weighted by Crippen LogP contribution is 2.32. The van der Waals surface area contributed by atoms with E-state index < -0.39 is 0 Å². The van der Waals surface area contributed by atoms with Crippen LogP contribution in [0.5, 0.6) is 5.75 Å².